The van der Waals surface area contributed by atoms with Crippen molar-refractivity contribution in [1.29, 1.82) is 0 Å². The number of rotatable bonds is 6. The number of carbonyl (C=O) groups is 1. The number of terminal acetylenes is 1. The average molecular weight is 372 g/mol. The topological polar surface area (TPSA) is 51.1 Å². The van der Waals surface area contributed by atoms with E-state index in [0.717, 1.165) is 30.7 Å². The van der Waals surface area contributed by atoms with E-state index in [4.69, 9.17) is 16.0 Å². The molecule has 0 unspecified atom stereocenters. The number of carbonyl (C=O) groups excluding carboxylic acids is 1. The second-order valence-corrected chi connectivity index (χ2v) is 7.20. The first-order chi connectivity index (χ1) is 13.1. The van der Waals surface area contributed by atoms with Crippen molar-refractivity contribution >= 4 is 11.7 Å². The molecule has 2 heterocycles. The third kappa shape index (κ3) is 4.48. The van der Waals surface area contributed by atoms with Gasteiger partial charge in [-0.3, -0.25) is 9.69 Å². The normalized spacial score (nSPS) is 25.4. The molecule has 6 heteroatoms. The summed E-state index contributed by atoms with van der Waals surface area (Å²) in [6.45, 7) is 4.13. The first-order valence-electron chi connectivity index (χ1n) is 9.38. The highest BCUT2D eigenvalue weighted by molar-refractivity contribution is 6.01. The maximum absolute atomic E-state index is 13.1. The van der Waals surface area contributed by atoms with Gasteiger partial charge in [-0.25, -0.2) is 4.39 Å². The molecule has 2 aliphatic rings. The van der Waals surface area contributed by atoms with Crippen LogP contribution in [-0.2, 0) is 14.4 Å². The maximum atomic E-state index is 13.1. The number of hydrogen-bond donors (Lipinski definition) is 0. The zero-order valence-electron chi connectivity index (χ0n) is 15.6. The van der Waals surface area contributed by atoms with Crippen LogP contribution in [0.4, 0.5) is 4.39 Å². The van der Waals surface area contributed by atoms with Gasteiger partial charge in [-0.2, -0.15) is 0 Å². The van der Waals surface area contributed by atoms with Crippen LogP contribution in [0.15, 0.2) is 29.4 Å². The van der Waals surface area contributed by atoms with Gasteiger partial charge < -0.3 is 9.57 Å². The van der Waals surface area contributed by atoms with E-state index in [1.807, 2.05) is 6.92 Å². The highest BCUT2D eigenvalue weighted by Crippen LogP contribution is 2.38. The van der Waals surface area contributed by atoms with E-state index in [2.05, 4.69) is 16.0 Å². The van der Waals surface area contributed by atoms with Gasteiger partial charge in [0.1, 0.15) is 11.9 Å². The molecule has 0 aromatic heterocycles. The van der Waals surface area contributed by atoms with Crippen LogP contribution in [0.3, 0.4) is 0 Å². The van der Waals surface area contributed by atoms with Crippen molar-refractivity contribution in [2.75, 3.05) is 26.2 Å². The summed E-state index contributed by atoms with van der Waals surface area (Å²) in [5, 5.41) is 4.17. The molecule has 0 bridgehead atoms. The molecule has 1 saturated heterocycles. The Hall–Kier alpha value is -2.39. The summed E-state index contributed by atoms with van der Waals surface area (Å²) in [6.07, 6.45) is 8.00. The fourth-order valence-corrected chi connectivity index (χ4v) is 3.98. The van der Waals surface area contributed by atoms with Crippen molar-refractivity contribution in [2.45, 2.75) is 38.7 Å². The van der Waals surface area contributed by atoms with E-state index in [0.29, 0.717) is 32.5 Å². The van der Waals surface area contributed by atoms with Crippen LogP contribution in [0.2, 0.25) is 0 Å². The standard InChI is InChI=1S/C21H25FN2O3/c1-3-11-24-12-5-10-21(15-24,20(25)26-4-2)14-18-13-19(23-27-18)16-6-8-17(22)9-7-16/h1,6-9,18H,4-5,10-15H2,2H3/t18-,21+/m1/s1. The first-order valence-corrected chi connectivity index (χ1v) is 9.38. The highest BCUT2D eigenvalue weighted by atomic mass is 19.1. The molecule has 0 radical (unpaired) electrons. The quantitative estimate of drug-likeness (QED) is 0.569. The number of benzene rings is 1. The van der Waals surface area contributed by atoms with E-state index in [-0.39, 0.29) is 17.9 Å². The molecule has 0 spiro atoms. The smallest absolute Gasteiger partial charge is 0.313 e. The number of piperidine rings is 1. The Morgan fingerprint density at radius 1 is 1.48 bits per heavy atom. The Morgan fingerprint density at radius 2 is 2.26 bits per heavy atom. The third-order valence-corrected chi connectivity index (χ3v) is 5.21. The largest absolute Gasteiger partial charge is 0.466 e. The first kappa shape index (κ1) is 19.4. The summed E-state index contributed by atoms with van der Waals surface area (Å²) < 4.78 is 18.5. The van der Waals surface area contributed by atoms with Crippen molar-refractivity contribution in [3.8, 4) is 12.3 Å². The zero-order chi connectivity index (χ0) is 19.3. The maximum Gasteiger partial charge on any atom is 0.313 e. The van der Waals surface area contributed by atoms with E-state index in [1.165, 1.54) is 12.1 Å². The summed E-state index contributed by atoms with van der Waals surface area (Å²) in [5.41, 5.74) is 0.973. The number of oxime groups is 1. The van der Waals surface area contributed by atoms with E-state index >= 15 is 0 Å². The van der Waals surface area contributed by atoms with Crippen molar-refractivity contribution in [1.82, 2.24) is 4.90 Å². The average Bonchev–Trinajstić information content (AvgIpc) is 3.11. The van der Waals surface area contributed by atoms with Gasteiger partial charge in [-0.15, -0.1) is 6.42 Å². The van der Waals surface area contributed by atoms with Crippen molar-refractivity contribution in [2.24, 2.45) is 10.6 Å². The molecule has 5 nitrogen and oxygen atoms in total. The van der Waals surface area contributed by atoms with Crippen molar-refractivity contribution in [3.05, 3.63) is 35.6 Å². The lowest BCUT2D eigenvalue weighted by molar-refractivity contribution is -0.162. The van der Waals surface area contributed by atoms with Crippen LogP contribution in [-0.4, -0.2) is 48.9 Å². The summed E-state index contributed by atoms with van der Waals surface area (Å²) in [7, 11) is 0. The van der Waals surface area contributed by atoms with Gasteiger partial charge in [0.05, 0.1) is 24.3 Å². The van der Waals surface area contributed by atoms with Crippen molar-refractivity contribution in [3.63, 3.8) is 0 Å². The second kappa shape index (κ2) is 8.53. The van der Waals surface area contributed by atoms with Crippen LogP contribution in [0.25, 0.3) is 0 Å². The molecule has 1 aromatic rings. The minimum atomic E-state index is -0.635. The predicted molar refractivity (Wildman–Crippen MR) is 101 cm³/mol. The molecule has 2 atom stereocenters. The molecule has 0 aliphatic carbocycles. The van der Waals surface area contributed by atoms with Gasteiger partial charge in [0.2, 0.25) is 0 Å². The number of nitrogens with zero attached hydrogens (tertiary/aromatic N) is 2. The number of hydrogen-bond acceptors (Lipinski definition) is 5. The molecular weight excluding hydrogens is 347 g/mol. The van der Waals surface area contributed by atoms with Crippen molar-refractivity contribution < 1.29 is 18.8 Å². The molecule has 1 aromatic carbocycles. The zero-order valence-corrected chi connectivity index (χ0v) is 15.6. The second-order valence-electron chi connectivity index (χ2n) is 7.20. The molecular formula is C21H25FN2O3. The minimum Gasteiger partial charge on any atom is -0.466 e. The number of halogens is 1. The SMILES string of the molecule is C#CCN1CCC[C@@](C[C@H]2CC(c3ccc(F)cc3)=NO2)(C(=O)OCC)C1. The van der Waals surface area contributed by atoms with Gasteiger partial charge >= 0.3 is 5.97 Å². The van der Waals surface area contributed by atoms with Crippen LogP contribution < -0.4 is 0 Å². The Morgan fingerprint density at radius 3 is 2.96 bits per heavy atom. The lowest BCUT2D eigenvalue weighted by Crippen LogP contribution is -2.50. The number of likely N-dealkylation sites (tertiary alicyclic amines) is 1. The summed E-state index contributed by atoms with van der Waals surface area (Å²) in [6, 6.07) is 6.20. The van der Waals surface area contributed by atoms with Gasteiger partial charge in [-0.1, -0.05) is 23.2 Å². The summed E-state index contributed by atoms with van der Waals surface area (Å²) in [5.74, 6) is 2.19. The van der Waals surface area contributed by atoms with E-state index in [1.54, 1.807) is 12.1 Å². The van der Waals surface area contributed by atoms with Gasteiger partial charge in [0, 0.05) is 19.4 Å². The Labute approximate surface area is 159 Å². The predicted octanol–water partition coefficient (Wildman–Crippen LogP) is 2.99. The van der Waals surface area contributed by atoms with E-state index in [9.17, 15) is 9.18 Å². The molecule has 0 saturated carbocycles. The number of ether oxygens (including phenoxy) is 1. The molecule has 0 N–H and O–H groups in total. The lowest BCUT2D eigenvalue weighted by atomic mass is 9.74. The monoisotopic (exact) mass is 372 g/mol. The Kier molecular flexibility index (Phi) is 6.12. The Bertz CT molecular complexity index is 741. The molecule has 144 valence electrons. The highest BCUT2D eigenvalue weighted by Gasteiger charge is 2.46. The van der Waals surface area contributed by atoms with Crippen LogP contribution in [0.1, 0.15) is 38.2 Å². The van der Waals surface area contributed by atoms with Crippen LogP contribution in [0, 0.1) is 23.6 Å². The molecule has 0 amide bonds. The Balaban J connectivity index is 1.71. The number of esters is 1. The fourth-order valence-electron chi connectivity index (χ4n) is 3.98. The molecule has 2 aliphatic heterocycles. The minimum absolute atomic E-state index is 0.189. The third-order valence-electron chi connectivity index (χ3n) is 5.21. The van der Waals surface area contributed by atoms with Crippen LogP contribution >= 0.6 is 0 Å². The molecule has 3 rings (SSSR count). The van der Waals surface area contributed by atoms with Gasteiger partial charge in [0.25, 0.3) is 0 Å². The molecule has 1 fully saturated rings. The summed E-state index contributed by atoms with van der Waals surface area (Å²) in [4.78, 5) is 20.6. The van der Waals surface area contributed by atoms with Gasteiger partial charge in [-0.05, 0) is 44.0 Å². The van der Waals surface area contributed by atoms with Crippen LogP contribution in [0.5, 0.6) is 0 Å². The molecule has 27 heavy (non-hydrogen) atoms. The lowest BCUT2D eigenvalue weighted by Gasteiger charge is -2.41. The van der Waals surface area contributed by atoms with E-state index < -0.39 is 5.41 Å². The fraction of sp³-hybridized carbons (Fsp3) is 0.524. The summed E-state index contributed by atoms with van der Waals surface area (Å²) >= 11 is 0. The van der Waals surface area contributed by atoms with Gasteiger partial charge in [0.15, 0.2) is 0 Å².